The highest BCUT2D eigenvalue weighted by Gasteiger charge is 2.42. The minimum atomic E-state index is -0.571. The lowest BCUT2D eigenvalue weighted by molar-refractivity contribution is 0.0931. The van der Waals surface area contributed by atoms with E-state index in [1.54, 1.807) is 18.2 Å². The van der Waals surface area contributed by atoms with Crippen LogP contribution in [0.25, 0.3) is 0 Å². The van der Waals surface area contributed by atoms with Crippen molar-refractivity contribution >= 4 is 5.78 Å². The van der Waals surface area contributed by atoms with E-state index < -0.39 is 5.95 Å². The van der Waals surface area contributed by atoms with E-state index in [9.17, 15) is 14.3 Å². The van der Waals surface area contributed by atoms with Gasteiger partial charge in [-0.15, -0.1) is 0 Å². The molecule has 0 radical (unpaired) electrons. The van der Waals surface area contributed by atoms with E-state index in [0.717, 1.165) is 25.9 Å². The first-order chi connectivity index (χ1) is 12.6. The molecule has 136 valence electrons. The molecule has 6 nitrogen and oxygen atoms in total. The maximum Gasteiger partial charge on any atom is 0.255 e. The Labute approximate surface area is 150 Å². The van der Waals surface area contributed by atoms with Crippen molar-refractivity contribution < 1.29 is 19.0 Å². The zero-order valence-electron chi connectivity index (χ0n) is 14.2. The van der Waals surface area contributed by atoms with Gasteiger partial charge in [0.15, 0.2) is 11.5 Å². The summed E-state index contributed by atoms with van der Waals surface area (Å²) in [6, 6.07) is 6.28. The molecule has 4 rings (SSSR count). The van der Waals surface area contributed by atoms with E-state index in [1.807, 2.05) is 0 Å². The lowest BCUT2D eigenvalue weighted by atomic mass is 10.0. The first kappa shape index (κ1) is 16.9. The van der Waals surface area contributed by atoms with Crippen molar-refractivity contribution in [2.75, 3.05) is 19.6 Å². The van der Waals surface area contributed by atoms with Crippen LogP contribution in [0.2, 0.25) is 0 Å². The molecule has 2 aromatic heterocycles. The average molecular weight is 357 g/mol. The second kappa shape index (κ2) is 6.99. The average Bonchev–Trinajstić information content (AvgIpc) is 3.15. The number of ether oxygens (including phenoxy) is 1. The van der Waals surface area contributed by atoms with Gasteiger partial charge in [0.2, 0.25) is 0 Å². The third-order valence-corrected chi connectivity index (χ3v) is 5.20. The third-order valence-electron chi connectivity index (χ3n) is 5.20. The summed E-state index contributed by atoms with van der Waals surface area (Å²) in [6.07, 6.45) is 4.41. The molecule has 0 bridgehead atoms. The quantitative estimate of drug-likeness (QED) is 0.654. The number of carbonyl (C=O) groups excluding carboxylic acids is 1. The molecule has 1 saturated carbocycles. The van der Waals surface area contributed by atoms with Crippen LogP contribution < -0.4 is 4.74 Å². The number of likely N-dealkylation sites (tertiary alicyclic amines) is 1. The molecule has 3 atom stereocenters. The van der Waals surface area contributed by atoms with Gasteiger partial charge in [0, 0.05) is 19.3 Å². The first-order valence-corrected chi connectivity index (χ1v) is 8.76. The number of ketones is 1. The number of halogens is 1. The monoisotopic (exact) mass is 357 g/mol. The van der Waals surface area contributed by atoms with Gasteiger partial charge in [0.05, 0.1) is 18.8 Å². The number of rotatable bonds is 5. The number of pyridine rings is 2. The molecular weight excluding hydrogens is 337 g/mol. The molecule has 0 unspecified atom stereocenters. The van der Waals surface area contributed by atoms with Crippen LogP contribution in [-0.4, -0.2) is 51.5 Å². The van der Waals surface area contributed by atoms with Crippen LogP contribution in [0.1, 0.15) is 23.3 Å². The van der Waals surface area contributed by atoms with Crippen LogP contribution in [0.3, 0.4) is 0 Å². The SMILES string of the molecule is O=C(CN1C[C@H]2C[C@@H](Oc3cccnc3F)C[C@H]2C1)c1ccc(O)cn1. The number of hydrogen-bond acceptors (Lipinski definition) is 6. The molecule has 2 aromatic rings. The zero-order valence-corrected chi connectivity index (χ0v) is 14.2. The van der Waals surface area contributed by atoms with Crippen LogP contribution in [0, 0.1) is 17.8 Å². The largest absolute Gasteiger partial charge is 0.506 e. The minimum absolute atomic E-state index is 0.000293. The summed E-state index contributed by atoms with van der Waals surface area (Å²) < 4.78 is 19.4. The lowest BCUT2D eigenvalue weighted by Gasteiger charge is -2.19. The van der Waals surface area contributed by atoms with E-state index in [-0.39, 0.29) is 23.4 Å². The Morgan fingerprint density at radius 2 is 2.00 bits per heavy atom. The Hall–Kier alpha value is -2.54. The van der Waals surface area contributed by atoms with Crippen molar-refractivity contribution in [3.63, 3.8) is 0 Å². The van der Waals surface area contributed by atoms with Gasteiger partial charge < -0.3 is 9.84 Å². The topological polar surface area (TPSA) is 75.6 Å². The van der Waals surface area contributed by atoms with Gasteiger partial charge in [-0.05, 0) is 48.9 Å². The van der Waals surface area contributed by atoms with Crippen molar-refractivity contribution in [1.82, 2.24) is 14.9 Å². The fraction of sp³-hybridized carbons (Fsp3) is 0.421. The number of fused-ring (bicyclic) bond motifs is 1. The Bertz CT molecular complexity index is 785. The number of aromatic nitrogens is 2. The van der Waals surface area contributed by atoms with Gasteiger partial charge in [0.25, 0.3) is 5.95 Å². The summed E-state index contributed by atoms with van der Waals surface area (Å²) >= 11 is 0. The van der Waals surface area contributed by atoms with Gasteiger partial charge in [-0.3, -0.25) is 9.69 Å². The van der Waals surface area contributed by atoms with Gasteiger partial charge in [0.1, 0.15) is 11.4 Å². The molecule has 1 N–H and O–H groups in total. The van der Waals surface area contributed by atoms with E-state index >= 15 is 0 Å². The summed E-state index contributed by atoms with van der Waals surface area (Å²) in [7, 11) is 0. The number of Topliss-reactive ketones (excluding diaryl/α,β-unsaturated/α-hetero) is 1. The molecule has 1 aliphatic heterocycles. The molecule has 1 saturated heterocycles. The molecule has 2 aliphatic rings. The minimum Gasteiger partial charge on any atom is -0.506 e. The fourth-order valence-electron chi connectivity index (χ4n) is 4.04. The zero-order chi connectivity index (χ0) is 18.1. The number of nitrogens with zero attached hydrogens (tertiary/aromatic N) is 3. The van der Waals surface area contributed by atoms with Gasteiger partial charge >= 0.3 is 0 Å². The highest BCUT2D eigenvalue weighted by molar-refractivity contribution is 5.95. The molecule has 1 aliphatic carbocycles. The summed E-state index contributed by atoms with van der Waals surface area (Å²) in [6.45, 7) is 2.00. The lowest BCUT2D eigenvalue weighted by Crippen LogP contribution is -2.30. The van der Waals surface area contributed by atoms with Crippen molar-refractivity contribution in [2.24, 2.45) is 11.8 Å². The standard InChI is InChI=1S/C19H20FN3O3/c20-19-18(2-1-5-21-19)26-15-6-12-9-23(10-13(12)7-15)11-17(25)16-4-3-14(24)8-22-16/h1-5,8,12-13,15,24H,6-7,9-11H2/t12-,13+,15-. The second-order valence-corrected chi connectivity index (χ2v) is 7.04. The van der Waals surface area contributed by atoms with Crippen molar-refractivity contribution in [1.29, 1.82) is 0 Å². The van der Waals surface area contributed by atoms with Gasteiger partial charge in [-0.2, -0.15) is 4.39 Å². The van der Waals surface area contributed by atoms with E-state index in [1.165, 1.54) is 18.5 Å². The Balaban J connectivity index is 1.30. The number of aromatic hydroxyl groups is 1. The molecule has 7 heteroatoms. The molecule has 0 aromatic carbocycles. The predicted octanol–water partition coefficient (Wildman–Crippen LogP) is 2.29. The van der Waals surface area contributed by atoms with Crippen LogP contribution >= 0.6 is 0 Å². The summed E-state index contributed by atoms with van der Waals surface area (Å²) in [5, 5.41) is 9.26. The third kappa shape index (κ3) is 3.53. The smallest absolute Gasteiger partial charge is 0.255 e. The maximum atomic E-state index is 13.6. The Kier molecular flexibility index (Phi) is 4.55. The van der Waals surface area contributed by atoms with Crippen LogP contribution in [0.5, 0.6) is 11.5 Å². The predicted molar refractivity (Wildman–Crippen MR) is 91.5 cm³/mol. The Morgan fingerprint density at radius 3 is 2.65 bits per heavy atom. The molecule has 2 fully saturated rings. The van der Waals surface area contributed by atoms with E-state index in [2.05, 4.69) is 14.9 Å². The molecular formula is C19H20FN3O3. The fourth-order valence-corrected chi connectivity index (χ4v) is 4.04. The van der Waals surface area contributed by atoms with Crippen LogP contribution in [0.15, 0.2) is 36.7 Å². The second-order valence-electron chi connectivity index (χ2n) is 7.04. The van der Waals surface area contributed by atoms with Crippen molar-refractivity contribution in [3.8, 4) is 11.5 Å². The number of carbonyl (C=O) groups is 1. The first-order valence-electron chi connectivity index (χ1n) is 8.76. The van der Waals surface area contributed by atoms with Crippen LogP contribution in [0.4, 0.5) is 4.39 Å². The summed E-state index contributed by atoms with van der Waals surface area (Å²) in [5.41, 5.74) is 0.369. The Morgan fingerprint density at radius 1 is 1.23 bits per heavy atom. The van der Waals surface area contributed by atoms with E-state index in [4.69, 9.17) is 4.74 Å². The van der Waals surface area contributed by atoms with Crippen molar-refractivity contribution in [3.05, 3.63) is 48.3 Å². The highest BCUT2D eigenvalue weighted by Crippen LogP contribution is 2.39. The molecule has 26 heavy (non-hydrogen) atoms. The van der Waals surface area contributed by atoms with E-state index in [0.29, 0.717) is 24.1 Å². The van der Waals surface area contributed by atoms with Crippen molar-refractivity contribution in [2.45, 2.75) is 18.9 Å². The molecule has 0 spiro atoms. The van der Waals surface area contributed by atoms with Crippen LogP contribution in [-0.2, 0) is 0 Å². The summed E-state index contributed by atoms with van der Waals surface area (Å²) in [4.78, 5) is 22.0. The summed E-state index contributed by atoms with van der Waals surface area (Å²) in [5.74, 6) is 0.560. The molecule has 3 heterocycles. The number of hydrogen-bond donors (Lipinski definition) is 1. The van der Waals surface area contributed by atoms with Gasteiger partial charge in [-0.1, -0.05) is 0 Å². The normalized spacial score (nSPS) is 25.2. The molecule has 0 amide bonds. The van der Waals surface area contributed by atoms with Gasteiger partial charge in [-0.25, -0.2) is 9.97 Å². The highest BCUT2D eigenvalue weighted by atomic mass is 19.1. The maximum absolute atomic E-state index is 13.6.